The van der Waals surface area contributed by atoms with E-state index >= 15 is 0 Å². The summed E-state index contributed by atoms with van der Waals surface area (Å²) in [7, 11) is 1.81. The quantitative estimate of drug-likeness (QED) is 0.547. The Bertz CT molecular complexity index is 109. The number of ether oxygens (including phenoxy) is 1. The Morgan fingerprint density at radius 3 is 2.90 bits per heavy atom. The number of allylic oxidation sites excluding steroid dienone is 1. The second kappa shape index (κ2) is 3.77. The predicted molar refractivity (Wildman–Crippen MR) is 43.0 cm³/mol. The third-order valence-corrected chi connectivity index (χ3v) is 2.33. The molecule has 0 saturated heterocycles. The standard InChI is InChI=1S/C9H16O/c1-3-4-8-5-6-9(7-8)10-2/h3,8-9H,1,4-7H2,2H3. The summed E-state index contributed by atoms with van der Waals surface area (Å²) < 4.78 is 5.25. The molecule has 58 valence electrons. The first kappa shape index (κ1) is 7.80. The van der Waals surface area contributed by atoms with Gasteiger partial charge in [-0.05, 0) is 31.6 Å². The second-order valence-corrected chi connectivity index (χ2v) is 3.06. The average molecular weight is 140 g/mol. The van der Waals surface area contributed by atoms with Crippen molar-refractivity contribution in [1.29, 1.82) is 0 Å². The van der Waals surface area contributed by atoms with Crippen LogP contribution in [0.2, 0.25) is 0 Å². The maximum absolute atomic E-state index is 5.25. The molecule has 0 amide bonds. The maximum Gasteiger partial charge on any atom is 0.0574 e. The van der Waals surface area contributed by atoms with Crippen molar-refractivity contribution >= 4 is 0 Å². The minimum atomic E-state index is 0.532. The van der Waals surface area contributed by atoms with Crippen molar-refractivity contribution in [2.45, 2.75) is 31.8 Å². The highest BCUT2D eigenvalue weighted by atomic mass is 16.5. The molecule has 1 saturated carbocycles. The first-order chi connectivity index (χ1) is 4.86. The summed E-state index contributed by atoms with van der Waals surface area (Å²) >= 11 is 0. The SMILES string of the molecule is C=CCC1CCC(OC)C1. The monoisotopic (exact) mass is 140 g/mol. The zero-order valence-corrected chi connectivity index (χ0v) is 6.68. The summed E-state index contributed by atoms with van der Waals surface area (Å²) in [5.74, 6) is 0.849. The van der Waals surface area contributed by atoms with Gasteiger partial charge in [0.25, 0.3) is 0 Å². The fourth-order valence-corrected chi connectivity index (χ4v) is 1.69. The van der Waals surface area contributed by atoms with Gasteiger partial charge in [0.15, 0.2) is 0 Å². The number of hydrogen-bond acceptors (Lipinski definition) is 1. The maximum atomic E-state index is 5.25. The van der Waals surface area contributed by atoms with Gasteiger partial charge >= 0.3 is 0 Å². The molecule has 0 aliphatic heterocycles. The van der Waals surface area contributed by atoms with Crippen LogP contribution >= 0.6 is 0 Å². The van der Waals surface area contributed by atoms with Gasteiger partial charge in [0, 0.05) is 7.11 Å². The Balaban J connectivity index is 2.21. The molecule has 0 bridgehead atoms. The normalized spacial score (nSPS) is 32.5. The lowest BCUT2D eigenvalue weighted by Gasteiger charge is -2.06. The first-order valence-electron chi connectivity index (χ1n) is 4.00. The molecule has 0 aromatic heterocycles. The Kier molecular flexibility index (Phi) is 2.94. The predicted octanol–water partition coefficient (Wildman–Crippen LogP) is 2.38. The highest BCUT2D eigenvalue weighted by Crippen LogP contribution is 2.29. The van der Waals surface area contributed by atoms with Gasteiger partial charge in [0.2, 0.25) is 0 Å². The summed E-state index contributed by atoms with van der Waals surface area (Å²) in [6.45, 7) is 3.73. The Morgan fingerprint density at radius 1 is 1.60 bits per heavy atom. The van der Waals surface area contributed by atoms with Crippen molar-refractivity contribution in [3.8, 4) is 0 Å². The van der Waals surface area contributed by atoms with Crippen LogP contribution in [0.1, 0.15) is 25.7 Å². The van der Waals surface area contributed by atoms with E-state index in [1.807, 2.05) is 6.08 Å². The van der Waals surface area contributed by atoms with E-state index in [9.17, 15) is 0 Å². The number of methoxy groups -OCH3 is 1. The van der Waals surface area contributed by atoms with Crippen molar-refractivity contribution < 1.29 is 4.74 Å². The Labute approximate surface area is 63.1 Å². The van der Waals surface area contributed by atoms with E-state index in [0.717, 1.165) is 5.92 Å². The molecule has 1 rings (SSSR count). The molecule has 1 aliphatic rings. The molecular formula is C9H16O. The van der Waals surface area contributed by atoms with Gasteiger partial charge in [0.1, 0.15) is 0 Å². The van der Waals surface area contributed by atoms with Crippen LogP contribution in [-0.4, -0.2) is 13.2 Å². The van der Waals surface area contributed by atoms with E-state index < -0.39 is 0 Å². The van der Waals surface area contributed by atoms with Crippen LogP contribution in [0.3, 0.4) is 0 Å². The van der Waals surface area contributed by atoms with E-state index in [-0.39, 0.29) is 0 Å². The fourth-order valence-electron chi connectivity index (χ4n) is 1.69. The largest absolute Gasteiger partial charge is 0.381 e. The van der Waals surface area contributed by atoms with E-state index in [0.29, 0.717) is 6.10 Å². The summed E-state index contributed by atoms with van der Waals surface area (Å²) in [6.07, 6.45) is 7.52. The van der Waals surface area contributed by atoms with Crippen LogP contribution in [0.4, 0.5) is 0 Å². The van der Waals surface area contributed by atoms with E-state index in [2.05, 4.69) is 6.58 Å². The molecule has 1 aliphatic carbocycles. The molecule has 0 aromatic carbocycles. The third kappa shape index (κ3) is 1.84. The van der Waals surface area contributed by atoms with Gasteiger partial charge in [-0.25, -0.2) is 0 Å². The van der Waals surface area contributed by atoms with E-state index in [4.69, 9.17) is 4.74 Å². The molecular weight excluding hydrogens is 124 g/mol. The zero-order chi connectivity index (χ0) is 7.40. The molecule has 0 N–H and O–H groups in total. The van der Waals surface area contributed by atoms with Crippen molar-refractivity contribution in [1.82, 2.24) is 0 Å². The zero-order valence-electron chi connectivity index (χ0n) is 6.68. The van der Waals surface area contributed by atoms with Gasteiger partial charge in [-0.2, -0.15) is 0 Å². The second-order valence-electron chi connectivity index (χ2n) is 3.06. The minimum Gasteiger partial charge on any atom is -0.381 e. The van der Waals surface area contributed by atoms with E-state index in [1.54, 1.807) is 7.11 Å². The van der Waals surface area contributed by atoms with Crippen LogP contribution in [0.15, 0.2) is 12.7 Å². The molecule has 0 aromatic rings. The highest BCUT2D eigenvalue weighted by Gasteiger charge is 2.22. The van der Waals surface area contributed by atoms with Gasteiger partial charge in [0.05, 0.1) is 6.10 Å². The summed E-state index contributed by atoms with van der Waals surface area (Å²) in [6, 6.07) is 0. The number of rotatable bonds is 3. The van der Waals surface area contributed by atoms with Crippen molar-refractivity contribution in [3.05, 3.63) is 12.7 Å². The summed E-state index contributed by atoms with van der Waals surface area (Å²) in [4.78, 5) is 0. The highest BCUT2D eigenvalue weighted by molar-refractivity contribution is 4.81. The lowest BCUT2D eigenvalue weighted by molar-refractivity contribution is 0.105. The van der Waals surface area contributed by atoms with Gasteiger partial charge in [-0.3, -0.25) is 0 Å². The Morgan fingerprint density at radius 2 is 2.40 bits per heavy atom. The molecule has 0 spiro atoms. The average Bonchev–Trinajstić information content (AvgIpc) is 2.37. The fraction of sp³-hybridized carbons (Fsp3) is 0.778. The first-order valence-corrected chi connectivity index (χ1v) is 4.00. The van der Waals surface area contributed by atoms with Crippen LogP contribution in [-0.2, 0) is 4.74 Å². The smallest absolute Gasteiger partial charge is 0.0574 e. The lowest BCUT2D eigenvalue weighted by Crippen LogP contribution is -2.04. The minimum absolute atomic E-state index is 0.532. The van der Waals surface area contributed by atoms with Crippen molar-refractivity contribution in [2.24, 2.45) is 5.92 Å². The third-order valence-electron chi connectivity index (χ3n) is 2.33. The van der Waals surface area contributed by atoms with E-state index in [1.165, 1.54) is 25.7 Å². The molecule has 1 heteroatoms. The lowest BCUT2D eigenvalue weighted by atomic mass is 10.0. The summed E-state index contributed by atoms with van der Waals surface area (Å²) in [5.41, 5.74) is 0. The van der Waals surface area contributed by atoms with Crippen LogP contribution in [0.5, 0.6) is 0 Å². The van der Waals surface area contributed by atoms with Gasteiger partial charge in [-0.1, -0.05) is 6.08 Å². The van der Waals surface area contributed by atoms with Gasteiger partial charge in [-0.15, -0.1) is 6.58 Å². The van der Waals surface area contributed by atoms with Crippen LogP contribution < -0.4 is 0 Å². The van der Waals surface area contributed by atoms with Crippen LogP contribution in [0.25, 0.3) is 0 Å². The molecule has 2 atom stereocenters. The molecule has 0 heterocycles. The molecule has 10 heavy (non-hydrogen) atoms. The molecule has 0 radical (unpaired) electrons. The number of hydrogen-bond donors (Lipinski definition) is 0. The molecule has 1 nitrogen and oxygen atoms in total. The molecule has 2 unspecified atom stereocenters. The van der Waals surface area contributed by atoms with Gasteiger partial charge < -0.3 is 4.74 Å². The Hall–Kier alpha value is -0.300. The van der Waals surface area contributed by atoms with Crippen molar-refractivity contribution in [3.63, 3.8) is 0 Å². The van der Waals surface area contributed by atoms with Crippen LogP contribution in [0, 0.1) is 5.92 Å². The van der Waals surface area contributed by atoms with Crippen molar-refractivity contribution in [2.75, 3.05) is 7.11 Å². The topological polar surface area (TPSA) is 9.23 Å². The summed E-state index contributed by atoms with van der Waals surface area (Å²) in [5, 5.41) is 0. The molecule has 1 fully saturated rings.